The van der Waals surface area contributed by atoms with E-state index in [0.29, 0.717) is 5.92 Å². The van der Waals surface area contributed by atoms with Gasteiger partial charge in [-0.05, 0) is 12.5 Å². The van der Waals surface area contributed by atoms with Crippen molar-refractivity contribution in [2.75, 3.05) is 20.1 Å². The predicted molar refractivity (Wildman–Crippen MR) is 70.5 cm³/mol. The monoisotopic (exact) mass is 245 g/mol. The number of likely N-dealkylation sites (N-methyl/N-ethyl adjacent to an activating group) is 1. The van der Waals surface area contributed by atoms with Gasteiger partial charge in [0.15, 0.2) is 0 Å². The molecule has 96 valence electrons. The molecule has 3 aliphatic rings. The lowest BCUT2D eigenvalue weighted by atomic mass is 9.77. The normalized spacial score (nSPS) is 41.3. The molecule has 0 spiro atoms. The van der Waals surface area contributed by atoms with Crippen LogP contribution in [0.2, 0.25) is 0 Å². The average Bonchev–Trinajstić information content (AvgIpc) is 2.73. The number of fused-ring (bicyclic) bond motifs is 6. The Morgan fingerprint density at radius 1 is 1.39 bits per heavy atom. The van der Waals surface area contributed by atoms with E-state index < -0.39 is 0 Å². The lowest BCUT2D eigenvalue weighted by Gasteiger charge is -2.50. The van der Waals surface area contributed by atoms with Gasteiger partial charge in [-0.1, -0.05) is 6.07 Å². The van der Waals surface area contributed by atoms with Crippen molar-refractivity contribution in [3.05, 3.63) is 34.2 Å². The van der Waals surface area contributed by atoms with E-state index in [-0.39, 0.29) is 5.56 Å². The maximum Gasteiger partial charge on any atom is 0.250 e. The minimum absolute atomic E-state index is 0.205. The zero-order chi connectivity index (χ0) is 12.3. The summed E-state index contributed by atoms with van der Waals surface area (Å²) in [5, 5.41) is 0. The fourth-order valence-electron chi connectivity index (χ4n) is 4.94. The molecule has 0 aliphatic carbocycles. The number of aromatic nitrogens is 1. The molecule has 2 bridgehead atoms. The highest BCUT2D eigenvalue weighted by molar-refractivity contribution is 5.16. The van der Waals surface area contributed by atoms with Crippen molar-refractivity contribution in [3.63, 3.8) is 0 Å². The summed E-state index contributed by atoms with van der Waals surface area (Å²) in [6.07, 6.45) is 4.04. The Balaban J connectivity index is 1.83. The number of nitrogens with zero attached hydrogens (tertiary/aromatic N) is 2. The summed E-state index contributed by atoms with van der Waals surface area (Å²) in [5.74, 6) is 1.33. The van der Waals surface area contributed by atoms with Crippen LogP contribution in [0, 0.1) is 5.92 Å². The molecule has 18 heavy (non-hydrogen) atoms. The van der Waals surface area contributed by atoms with Crippen LogP contribution in [0.1, 0.15) is 30.9 Å². The Morgan fingerprint density at radius 3 is 3.17 bits per heavy atom. The Labute approximate surface area is 108 Å². The first-order valence-electron chi connectivity index (χ1n) is 7.21. The standard InChI is InChI=1S/C15H21N2O/c1-17-7-3-5-14(17)11-8-12(10-17)13-4-2-6-15(18)16(13)9-11/h2,4,6,11-12,14H,3,5,7-10H2,1H3/q+1. The van der Waals surface area contributed by atoms with Gasteiger partial charge in [0.25, 0.3) is 5.56 Å². The van der Waals surface area contributed by atoms with Crippen LogP contribution < -0.4 is 5.56 Å². The van der Waals surface area contributed by atoms with E-state index in [1.54, 1.807) is 6.07 Å². The molecule has 3 aliphatic heterocycles. The van der Waals surface area contributed by atoms with Crippen molar-refractivity contribution in [2.24, 2.45) is 5.92 Å². The van der Waals surface area contributed by atoms with Gasteiger partial charge >= 0.3 is 0 Å². The summed E-state index contributed by atoms with van der Waals surface area (Å²) < 4.78 is 3.32. The highest BCUT2D eigenvalue weighted by Crippen LogP contribution is 2.45. The third-order valence-electron chi connectivity index (χ3n) is 5.66. The lowest BCUT2D eigenvalue weighted by Crippen LogP contribution is -2.60. The molecule has 0 amide bonds. The predicted octanol–water partition coefficient (Wildman–Crippen LogP) is 1.57. The molecule has 2 saturated heterocycles. The summed E-state index contributed by atoms with van der Waals surface area (Å²) in [6.45, 7) is 3.55. The van der Waals surface area contributed by atoms with Crippen LogP contribution in [0.15, 0.2) is 23.0 Å². The molecular weight excluding hydrogens is 224 g/mol. The van der Waals surface area contributed by atoms with Gasteiger partial charge in [-0.15, -0.1) is 0 Å². The van der Waals surface area contributed by atoms with Crippen LogP contribution >= 0.6 is 0 Å². The molecule has 1 aromatic heterocycles. The summed E-state index contributed by atoms with van der Waals surface area (Å²) in [5.41, 5.74) is 1.50. The zero-order valence-electron chi connectivity index (χ0n) is 11.0. The maximum atomic E-state index is 12.0. The third-order valence-corrected chi connectivity index (χ3v) is 5.66. The van der Waals surface area contributed by atoms with Crippen LogP contribution in [0.5, 0.6) is 0 Å². The van der Waals surface area contributed by atoms with E-state index in [9.17, 15) is 4.79 Å². The quantitative estimate of drug-likeness (QED) is 0.636. The summed E-state index contributed by atoms with van der Waals surface area (Å²) in [6, 6.07) is 6.63. The molecule has 4 unspecified atom stereocenters. The first-order valence-corrected chi connectivity index (χ1v) is 7.21. The molecule has 3 nitrogen and oxygen atoms in total. The number of hydrogen-bond acceptors (Lipinski definition) is 1. The Bertz CT molecular complexity index is 550. The largest absolute Gasteiger partial charge is 0.323 e. The van der Waals surface area contributed by atoms with E-state index in [2.05, 4.69) is 17.7 Å². The van der Waals surface area contributed by atoms with Gasteiger partial charge in [0.2, 0.25) is 0 Å². The molecular formula is C15H21N2O+. The van der Waals surface area contributed by atoms with Crippen LogP contribution in [0.4, 0.5) is 0 Å². The van der Waals surface area contributed by atoms with Crippen molar-refractivity contribution in [1.82, 2.24) is 4.57 Å². The van der Waals surface area contributed by atoms with Gasteiger partial charge < -0.3 is 9.05 Å². The third kappa shape index (κ3) is 1.31. The van der Waals surface area contributed by atoms with Crippen LogP contribution in [0.25, 0.3) is 0 Å². The number of rotatable bonds is 0. The minimum atomic E-state index is 0.205. The minimum Gasteiger partial charge on any atom is -0.323 e. The van der Waals surface area contributed by atoms with Crippen molar-refractivity contribution in [1.29, 1.82) is 0 Å². The van der Waals surface area contributed by atoms with Crippen LogP contribution in [-0.2, 0) is 6.54 Å². The Kier molecular flexibility index (Phi) is 2.08. The van der Waals surface area contributed by atoms with Gasteiger partial charge in [-0.2, -0.15) is 0 Å². The molecule has 2 fully saturated rings. The van der Waals surface area contributed by atoms with Gasteiger partial charge in [-0.3, -0.25) is 4.79 Å². The highest BCUT2D eigenvalue weighted by Gasteiger charge is 2.51. The second-order valence-electron chi connectivity index (χ2n) is 6.69. The van der Waals surface area contributed by atoms with Gasteiger partial charge in [0, 0.05) is 43.0 Å². The number of quaternary nitrogens is 1. The highest BCUT2D eigenvalue weighted by atomic mass is 16.1. The molecule has 0 aromatic carbocycles. The van der Waals surface area contributed by atoms with Gasteiger partial charge in [0.1, 0.15) is 0 Å². The van der Waals surface area contributed by atoms with Crippen molar-refractivity contribution >= 4 is 0 Å². The average molecular weight is 245 g/mol. The summed E-state index contributed by atoms with van der Waals surface area (Å²) in [4.78, 5) is 12.0. The maximum absolute atomic E-state index is 12.0. The number of piperidine rings is 1. The Morgan fingerprint density at radius 2 is 2.28 bits per heavy atom. The molecule has 0 N–H and O–H groups in total. The zero-order valence-corrected chi connectivity index (χ0v) is 11.0. The smallest absolute Gasteiger partial charge is 0.250 e. The van der Waals surface area contributed by atoms with Crippen molar-refractivity contribution in [3.8, 4) is 0 Å². The topological polar surface area (TPSA) is 22.0 Å². The molecule has 1 aromatic rings. The second-order valence-corrected chi connectivity index (χ2v) is 6.69. The fraction of sp³-hybridized carbons (Fsp3) is 0.667. The molecule has 4 heterocycles. The summed E-state index contributed by atoms with van der Waals surface area (Å²) in [7, 11) is 2.44. The van der Waals surface area contributed by atoms with Gasteiger partial charge in [0.05, 0.1) is 26.2 Å². The van der Waals surface area contributed by atoms with E-state index in [1.165, 1.54) is 42.5 Å². The first kappa shape index (κ1) is 10.8. The lowest BCUT2D eigenvalue weighted by molar-refractivity contribution is -0.932. The fourth-order valence-corrected chi connectivity index (χ4v) is 4.94. The second kappa shape index (κ2) is 3.47. The SMILES string of the molecule is C[N+]12CCCC1C1CC(C2)c2cccc(=O)n2C1. The number of pyridine rings is 1. The van der Waals surface area contributed by atoms with Crippen LogP contribution in [0.3, 0.4) is 0 Å². The molecule has 0 saturated carbocycles. The van der Waals surface area contributed by atoms with E-state index in [0.717, 1.165) is 18.5 Å². The Hall–Kier alpha value is -1.09. The van der Waals surface area contributed by atoms with E-state index in [1.807, 2.05) is 6.07 Å². The van der Waals surface area contributed by atoms with E-state index in [4.69, 9.17) is 0 Å². The first-order chi connectivity index (χ1) is 8.67. The summed E-state index contributed by atoms with van der Waals surface area (Å²) >= 11 is 0. The molecule has 3 heteroatoms. The van der Waals surface area contributed by atoms with Crippen molar-refractivity contribution in [2.45, 2.75) is 37.8 Å². The number of hydrogen-bond donors (Lipinski definition) is 0. The van der Waals surface area contributed by atoms with Crippen molar-refractivity contribution < 1.29 is 4.48 Å². The van der Waals surface area contributed by atoms with Gasteiger partial charge in [-0.25, -0.2) is 0 Å². The van der Waals surface area contributed by atoms with E-state index >= 15 is 0 Å². The molecule has 4 atom stereocenters. The molecule has 4 rings (SSSR count). The van der Waals surface area contributed by atoms with Crippen LogP contribution in [-0.4, -0.2) is 35.2 Å². The molecule has 0 radical (unpaired) electrons.